The van der Waals surface area contributed by atoms with Crippen molar-refractivity contribution in [2.45, 2.75) is 18.2 Å². The minimum absolute atomic E-state index is 0.485. The second-order valence-corrected chi connectivity index (χ2v) is 4.33. The predicted molar refractivity (Wildman–Crippen MR) is 45.3 cm³/mol. The van der Waals surface area contributed by atoms with Gasteiger partial charge >= 0.3 is 0 Å². The number of aromatic nitrogens is 1. The van der Waals surface area contributed by atoms with Crippen LogP contribution in [0.15, 0.2) is 11.1 Å². The third-order valence-electron chi connectivity index (χ3n) is 1.80. The first-order chi connectivity index (χ1) is 6.75. The molecule has 1 heterocycles. The smallest absolute Gasteiger partial charge is 0.227 e. The van der Waals surface area contributed by atoms with E-state index < -0.39 is 38.4 Å². The summed E-state index contributed by atoms with van der Waals surface area (Å²) >= 11 is 0. The second-order valence-electron chi connectivity index (χ2n) is 2.80. The molecule has 0 amide bonds. The Labute approximate surface area is 84.0 Å². The van der Waals surface area contributed by atoms with Gasteiger partial charge in [0.1, 0.15) is 4.90 Å². The normalized spacial score (nSPS) is 12.1. The van der Waals surface area contributed by atoms with Crippen LogP contribution in [0.3, 0.4) is 0 Å². The van der Waals surface area contributed by atoms with Crippen molar-refractivity contribution in [1.82, 2.24) is 4.98 Å². The molecule has 0 aliphatic carbocycles. The monoisotopic (exact) mass is 240 g/mol. The molecule has 84 valence electrons. The van der Waals surface area contributed by atoms with E-state index in [0.717, 1.165) is 6.92 Å². The number of rotatable bonds is 2. The van der Waals surface area contributed by atoms with E-state index in [9.17, 15) is 21.6 Å². The van der Waals surface area contributed by atoms with E-state index in [1.54, 1.807) is 0 Å². The molecule has 0 radical (unpaired) electrons. The Bertz CT molecular complexity index is 487. The van der Waals surface area contributed by atoms with Crippen molar-refractivity contribution in [1.29, 1.82) is 0 Å². The number of pyridine rings is 1. The summed E-state index contributed by atoms with van der Waals surface area (Å²) < 4.78 is 59.6. The fraction of sp³-hybridized carbons (Fsp3) is 0.286. The fourth-order valence-electron chi connectivity index (χ4n) is 1.08. The average molecular weight is 240 g/mol. The van der Waals surface area contributed by atoms with Crippen LogP contribution < -0.4 is 5.14 Å². The number of nitrogens with two attached hydrogens (primary N) is 1. The molecule has 1 rings (SSSR count). The summed E-state index contributed by atoms with van der Waals surface area (Å²) in [6.07, 6.45) is -2.64. The number of hydrogen-bond acceptors (Lipinski definition) is 3. The summed E-state index contributed by atoms with van der Waals surface area (Å²) in [6.45, 7) is 1.01. The van der Waals surface area contributed by atoms with Crippen LogP contribution in [0.25, 0.3) is 0 Å². The van der Waals surface area contributed by atoms with Gasteiger partial charge in [-0.15, -0.1) is 0 Å². The average Bonchev–Trinajstić information content (AvgIpc) is 2.06. The minimum Gasteiger partial charge on any atom is -0.227 e. The minimum atomic E-state index is -4.33. The molecule has 2 N–H and O–H groups in total. The lowest BCUT2D eigenvalue weighted by Crippen LogP contribution is -2.17. The van der Waals surface area contributed by atoms with E-state index in [0.29, 0.717) is 6.20 Å². The lowest BCUT2D eigenvalue weighted by Gasteiger charge is -2.09. The van der Waals surface area contributed by atoms with Crippen LogP contribution in [0.5, 0.6) is 0 Å². The highest BCUT2D eigenvalue weighted by molar-refractivity contribution is 7.89. The van der Waals surface area contributed by atoms with Crippen LogP contribution in [0.2, 0.25) is 0 Å². The van der Waals surface area contributed by atoms with E-state index in [-0.39, 0.29) is 0 Å². The van der Waals surface area contributed by atoms with Crippen LogP contribution in [0.1, 0.15) is 17.6 Å². The van der Waals surface area contributed by atoms with Gasteiger partial charge in [-0.25, -0.2) is 27.3 Å². The van der Waals surface area contributed by atoms with Crippen LogP contribution in [0.4, 0.5) is 13.2 Å². The first-order valence-electron chi connectivity index (χ1n) is 3.71. The van der Waals surface area contributed by atoms with Crippen LogP contribution in [-0.4, -0.2) is 13.4 Å². The molecule has 0 unspecified atom stereocenters. The van der Waals surface area contributed by atoms with Gasteiger partial charge in [0.15, 0.2) is 0 Å². The van der Waals surface area contributed by atoms with Crippen LogP contribution in [-0.2, 0) is 10.0 Å². The largest absolute Gasteiger partial charge is 0.265 e. The van der Waals surface area contributed by atoms with Gasteiger partial charge in [-0.1, -0.05) is 0 Å². The quantitative estimate of drug-likeness (QED) is 0.787. The summed E-state index contributed by atoms with van der Waals surface area (Å²) in [5.74, 6) is -1.14. The molecule has 0 aromatic carbocycles. The molecule has 15 heavy (non-hydrogen) atoms. The summed E-state index contributed by atoms with van der Waals surface area (Å²) in [5.41, 5.74) is -1.46. The van der Waals surface area contributed by atoms with Gasteiger partial charge < -0.3 is 0 Å². The maximum absolute atomic E-state index is 12.8. The van der Waals surface area contributed by atoms with Crippen molar-refractivity contribution in [2.24, 2.45) is 5.14 Å². The zero-order valence-electron chi connectivity index (χ0n) is 7.54. The molecule has 0 bridgehead atoms. The molecule has 8 heteroatoms. The van der Waals surface area contributed by atoms with E-state index in [1.807, 2.05) is 0 Å². The highest BCUT2D eigenvalue weighted by Gasteiger charge is 2.25. The standard InChI is InChI=1S/C7H7F3N2O2S/c1-3-5(6(8)9)4(15(11,13)14)2-12-7(3)10/h2,6H,1H3,(H2,11,13,14). The Hall–Kier alpha value is -1.15. The van der Waals surface area contributed by atoms with E-state index >= 15 is 0 Å². The molecule has 0 atom stereocenters. The fourth-order valence-corrected chi connectivity index (χ4v) is 1.82. The van der Waals surface area contributed by atoms with Gasteiger partial charge in [0.25, 0.3) is 6.43 Å². The van der Waals surface area contributed by atoms with Crippen molar-refractivity contribution in [3.05, 3.63) is 23.3 Å². The molecule has 0 saturated carbocycles. The summed E-state index contributed by atoms with van der Waals surface area (Å²) in [7, 11) is -4.33. The Morgan fingerprint density at radius 2 is 2.00 bits per heavy atom. The zero-order valence-corrected chi connectivity index (χ0v) is 8.35. The molecule has 0 saturated heterocycles. The van der Waals surface area contributed by atoms with Gasteiger partial charge in [0.05, 0.1) is 6.20 Å². The maximum atomic E-state index is 12.8. The van der Waals surface area contributed by atoms with Crippen molar-refractivity contribution in [3.63, 3.8) is 0 Å². The Morgan fingerprint density at radius 3 is 2.40 bits per heavy atom. The van der Waals surface area contributed by atoms with Gasteiger partial charge in [-0.05, 0) is 6.92 Å². The number of halogens is 3. The van der Waals surface area contributed by atoms with Gasteiger partial charge in [0, 0.05) is 11.1 Å². The van der Waals surface area contributed by atoms with Gasteiger partial charge in [-0.3, -0.25) is 0 Å². The third kappa shape index (κ3) is 2.26. The second kappa shape index (κ2) is 3.78. The van der Waals surface area contributed by atoms with Crippen LogP contribution in [0, 0.1) is 12.9 Å². The topological polar surface area (TPSA) is 73.0 Å². The van der Waals surface area contributed by atoms with Crippen molar-refractivity contribution in [2.75, 3.05) is 0 Å². The molecule has 0 spiro atoms. The Balaban J connectivity index is 3.62. The first-order valence-corrected chi connectivity index (χ1v) is 5.25. The molecular weight excluding hydrogens is 233 g/mol. The highest BCUT2D eigenvalue weighted by atomic mass is 32.2. The van der Waals surface area contributed by atoms with Crippen molar-refractivity contribution in [3.8, 4) is 0 Å². The molecule has 0 fully saturated rings. The number of nitrogens with zero attached hydrogens (tertiary/aromatic N) is 1. The molecule has 0 aliphatic heterocycles. The molecule has 4 nitrogen and oxygen atoms in total. The SMILES string of the molecule is Cc1c(F)ncc(S(N)(=O)=O)c1C(F)F. The number of hydrogen-bond donors (Lipinski definition) is 1. The van der Waals surface area contributed by atoms with E-state index in [2.05, 4.69) is 4.98 Å². The first kappa shape index (κ1) is 11.9. The lowest BCUT2D eigenvalue weighted by atomic mass is 10.1. The summed E-state index contributed by atoms with van der Waals surface area (Å²) in [5, 5.41) is 4.69. The maximum Gasteiger partial charge on any atom is 0.265 e. The molecule has 1 aromatic rings. The number of alkyl halides is 2. The number of sulfonamides is 1. The zero-order chi connectivity index (χ0) is 11.8. The molecule has 0 aliphatic rings. The molecular formula is C7H7F3N2O2S. The van der Waals surface area contributed by atoms with Crippen molar-refractivity contribution >= 4 is 10.0 Å². The van der Waals surface area contributed by atoms with Crippen LogP contribution >= 0.6 is 0 Å². The van der Waals surface area contributed by atoms with Crippen molar-refractivity contribution < 1.29 is 21.6 Å². The highest BCUT2D eigenvalue weighted by Crippen LogP contribution is 2.29. The number of primary sulfonamides is 1. The predicted octanol–water partition coefficient (Wildman–Crippen LogP) is 1.11. The molecule has 1 aromatic heterocycles. The Kier molecular flexibility index (Phi) is 3.00. The van der Waals surface area contributed by atoms with E-state index in [1.165, 1.54) is 0 Å². The third-order valence-corrected chi connectivity index (χ3v) is 2.74. The lowest BCUT2D eigenvalue weighted by molar-refractivity contribution is 0.146. The van der Waals surface area contributed by atoms with Gasteiger partial charge in [-0.2, -0.15) is 4.39 Å². The Morgan fingerprint density at radius 1 is 1.47 bits per heavy atom. The van der Waals surface area contributed by atoms with E-state index in [4.69, 9.17) is 5.14 Å². The van der Waals surface area contributed by atoms with Gasteiger partial charge in [0.2, 0.25) is 16.0 Å². The summed E-state index contributed by atoms with van der Waals surface area (Å²) in [4.78, 5) is 2.18. The summed E-state index contributed by atoms with van der Waals surface area (Å²) in [6, 6.07) is 0.